The van der Waals surface area contributed by atoms with E-state index in [0.29, 0.717) is 44.2 Å². The third-order valence-electron chi connectivity index (χ3n) is 4.58. The van der Waals surface area contributed by atoms with Gasteiger partial charge in [-0.05, 0) is 39.0 Å². The quantitative estimate of drug-likeness (QED) is 0.603. The molecule has 1 atom stereocenters. The Morgan fingerprint density at radius 1 is 1.18 bits per heavy atom. The molecule has 1 heterocycles. The van der Waals surface area contributed by atoms with Crippen LogP contribution in [-0.2, 0) is 17.0 Å². The molecule has 0 bridgehead atoms. The number of alkyl halides is 3. The third kappa shape index (κ3) is 6.12. The highest BCUT2D eigenvalue weighted by Crippen LogP contribution is 2.31. The zero-order chi connectivity index (χ0) is 20.9. The lowest BCUT2D eigenvalue weighted by Gasteiger charge is -2.38. The van der Waals surface area contributed by atoms with Gasteiger partial charge in [-0.25, -0.2) is 0 Å². The lowest BCUT2D eigenvalue weighted by atomic mass is 10.1. The van der Waals surface area contributed by atoms with Gasteiger partial charge >= 0.3 is 6.18 Å². The van der Waals surface area contributed by atoms with Gasteiger partial charge in [0.05, 0.1) is 5.56 Å². The van der Waals surface area contributed by atoms with Gasteiger partial charge in [0, 0.05) is 66.8 Å². The molecule has 28 heavy (non-hydrogen) atoms. The van der Waals surface area contributed by atoms with E-state index >= 15 is 0 Å². The van der Waals surface area contributed by atoms with Crippen LogP contribution in [0.5, 0.6) is 0 Å². The molecule has 0 saturated carbocycles. The summed E-state index contributed by atoms with van der Waals surface area (Å²) in [4.78, 5) is 8.31. The van der Waals surface area contributed by atoms with Crippen LogP contribution >= 0.6 is 0 Å². The lowest BCUT2D eigenvalue weighted by molar-refractivity contribution is -0.137. The Hall–Kier alpha value is -1.77. The maximum atomic E-state index is 12.9. The summed E-state index contributed by atoms with van der Waals surface area (Å²) in [5.41, 5.74) is -0.0465. The molecule has 1 fully saturated rings. The minimum atomic E-state index is -4.34. The SMILES string of the molecule is CN=C(NCCS(=O)C(C)(C)C)N1CCN(c2cccc(C(F)(F)F)c2)CC1. The highest BCUT2D eigenvalue weighted by Gasteiger charge is 2.31. The topological polar surface area (TPSA) is 47.9 Å². The van der Waals surface area contributed by atoms with E-state index in [9.17, 15) is 17.4 Å². The first-order chi connectivity index (χ1) is 13.0. The second-order valence-electron chi connectivity index (χ2n) is 7.66. The molecule has 1 N–H and O–H groups in total. The van der Waals surface area contributed by atoms with Crippen molar-refractivity contribution in [2.45, 2.75) is 31.7 Å². The summed E-state index contributed by atoms with van der Waals surface area (Å²) in [7, 11) is 0.760. The van der Waals surface area contributed by atoms with Gasteiger partial charge in [0.2, 0.25) is 0 Å². The first-order valence-corrected chi connectivity index (χ1v) is 10.6. The van der Waals surface area contributed by atoms with E-state index in [1.165, 1.54) is 12.1 Å². The molecule has 1 saturated heterocycles. The summed E-state index contributed by atoms with van der Waals surface area (Å²) < 4.78 is 50.7. The Morgan fingerprint density at radius 3 is 2.36 bits per heavy atom. The summed E-state index contributed by atoms with van der Waals surface area (Å²) in [5.74, 6) is 1.27. The minimum absolute atomic E-state index is 0.248. The fourth-order valence-corrected chi connectivity index (χ4v) is 3.85. The number of guanidine groups is 1. The molecular formula is C19H29F3N4OS. The van der Waals surface area contributed by atoms with Crippen molar-refractivity contribution in [3.8, 4) is 0 Å². The Balaban J connectivity index is 1.89. The van der Waals surface area contributed by atoms with Gasteiger partial charge in [-0.2, -0.15) is 13.2 Å². The van der Waals surface area contributed by atoms with Gasteiger partial charge in [-0.1, -0.05) is 6.07 Å². The molecule has 158 valence electrons. The smallest absolute Gasteiger partial charge is 0.368 e. The second kappa shape index (κ2) is 9.15. The molecule has 0 aromatic heterocycles. The molecule has 2 rings (SSSR count). The zero-order valence-electron chi connectivity index (χ0n) is 16.8. The van der Waals surface area contributed by atoms with Gasteiger partial charge < -0.3 is 15.1 Å². The fourth-order valence-electron chi connectivity index (χ4n) is 2.95. The van der Waals surface area contributed by atoms with Crippen molar-refractivity contribution >= 4 is 22.4 Å². The van der Waals surface area contributed by atoms with Crippen molar-refractivity contribution in [3.05, 3.63) is 29.8 Å². The fraction of sp³-hybridized carbons (Fsp3) is 0.632. The highest BCUT2D eigenvalue weighted by atomic mass is 32.2. The molecule has 1 aliphatic rings. The Morgan fingerprint density at radius 2 is 1.82 bits per heavy atom. The average Bonchev–Trinajstić information content (AvgIpc) is 2.64. The molecule has 1 aromatic carbocycles. The number of aliphatic imine (C=N–C) groups is 1. The van der Waals surface area contributed by atoms with Crippen LogP contribution in [0.25, 0.3) is 0 Å². The number of benzene rings is 1. The van der Waals surface area contributed by atoms with E-state index in [1.807, 2.05) is 25.7 Å². The predicted octanol–water partition coefficient (Wildman–Crippen LogP) is 2.95. The second-order valence-corrected chi connectivity index (χ2v) is 9.98. The number of nitrogens with zero attached hydrogens (tertiary/aromatic N) is 3. The number of anilines is 1. The van der Waals surface area contributed by atoms with E-state index in [0.717, 1.165) is 12.0 Å². The largest absolute Gasteiger partial charge is 0.416 e. The number of rotatable bonds is 4. The van der Waals surface area contributed by atoms with Gasteiger partial charge in [-0.3, -0.25) is 9.20 Å². The molecule has 9 heteroatoms. The van der Waals surface area contributed by atoms with Gasteiger partial charge in [0.1, 0.15) is 0 Å². The van der Waals surface area contributed by atoms with E-state index in [4.69, 9.17) is 0 Å². The third-order valence-corrected chi connectivity index (χ3v) is 6.52. The zero-order valence-corrected chi connectivity index (χ0v) is 17.7. The molecule has 0 radical (unpaired) electrons. The molecule has 5 nitrogen and oxygen atoms in total. The van der Waals surface area contributed by atoms with Crippen molar-refractivity contribution in [1.82, 2.24) is 10.2 Å². The summed E-state index contributed by atoms with van der Waals surface area (Å²) in [6.07, 6.45) is -4.34. The van der Waals surface area contributed by atoms with Gasteiger partial charge in [0.15, 0.2) is 5.96 Å². The predicted molar refractivity (Wildman–Crippen MR) is 109 cm³/mol. The van der Waals surface area contributed by atoms with Gasteiger partial charge in [0.25, 0.3) is 0 Å². The normalized spacial score (nSPS) is 17.6. The Labute approximate surface area is 167 Å². The van der Waals surface area contributed by atoms with E-state index in [2.05, 4.69) is 15.2 Å². The maximum absolute atomic E-state index is 12.9. The number of hydrogen-bond donors (Lipinski definition) is 1. The lowest BCUT2D eigenvalue weighted by Crippen LogP contribution is -2.53. The maximum Gasteiger partial charge on any atom is 0.416 e. The molecule has 1 aliphatic heterocycles. The van der Waals surface area contributed by atoms with Crippen LogP contribution in [0.1, 0.15) is 26.3 Å². The highest BCUT2D eigenvalue weighted by molar-refractivity contribution is 7.86. The van der Waals surface area contributed by atoms with Crippen molar-refractivity contribution in [3.63, 3.8) is 0 Å². The van der Waals surface area contributed by atoms with Gasteiger partial charge in [-0.15, -0.1) is 0 Å². The first kappa shape index (κ1) is 22.5. The number of halogens is 3. The van der Waals surface area contributed by atoms with Crippen molar-refractivity contribution in [1.29, 1.82) is 0 Å². The average molecular weight is 419 g/mol. The van der Waals surface area contributed by atoms with Crippen LogP contribution in [0.3, 0.4) is 0 Å². The van der Waals surface area contributed by atoms with Crippen molar-refractivity contribution in [2.75, 3.05) is 50.4 Å². The summed E-state index contributed by atoms with van der Waals surface area (Å²) in [5, 5.41) is 3.24. The molecule has 0 spiro atoms. The summed E-state index contributed by atoms with van der Waals surface area (Å²) >= 11 is 0. The minimum Gasteiger partial charge on any atom is -0.368 e. The number of piperazine rings is 1. The summed E-state index contributed by atoms with van der Waals surface area (Å²) in [6.45, 7) is 8.92. The van der Waals surface area contributed by atoms with E-state index in [-0.39, 0.29) is 4.75 Å². The molecule has 1 unspecified atom stereocenters. The van der Waals surface area contributed by atoms with Crippen LogP contribution in [0.15, 0.2) is 29.3 Å². The monoisotopic (exact) mass is 418 g/mol. The molecule has 0 aliphatic carbocycles. The van der Waals surface area contributed by atoms with Crippen LogP contribution in [0.4, 0.5) is 18.9 Å². The first-order valence-electron chi connectivity index (χ1n) is 9.28. The van der Waals surface area contributed by atoms with E-state index < -0.39 is 22.5 Å². The molecule has 0 amide bonds. The Bertz CT molecular complexity index is 708. The number of nitrogens with one attached hydrogen (secondary N) is 1. The number of hydrogen-bond acceptors (Lipinski definition) is 3. The standard InChI is InChI=1S/C19H29F3N4OS/c1-18(2,3)28(27)13-8-24-17(23-4)26-11-9-25(10-12-26)16-7-5-6-15(14-16)19(20,21)22/h5-7,14H,8-13H2,1-4H3,(H,23,24). The molecule has 1 aromatic rings. The van der Waals surface area contributed by atoms with Crippen LogP contribution in [-0.4, -0.2) is 65.3 Å². The van der Waals surface area contributed by atoms with Crippen molar-refractivity contribution < 1.29 is 17.4 Å². The van der Waals surface area contributed by atoms with Crippen molar-refractivity contribution in [2.24, 2.45) is 4.99 Å². The van der Waals surface area contributed by atoms with Crippen LogP contribution < -0.4 is 10.2 Å². The summed E-state index contributed by atoms with van der Waals surface area (Å²) in [6, 6.07) is 5.44. The molecular weight excluding hydrogens is 389 g/mol. The van der Waals surface area contributed by atoms with E-state index in [1.54, 1.807) is 13.1 Å². The van der Waals surface area contributed by atoms with Crippen LogP contribution in [0, 0.1) is 0 Å². The Kier molecular flexibility index (Phi) is 7.36. The van der Waals surface area contributed by atoms with Crippen LogP contribution in [0.2, 0.25) is 0 Å².